The molecule has 0 bridgehead atoms. The molecule has 2 aromatic carbocycles. The molecule has 3 heterocycles. The van der Waals surface area contributed by atoms with Crippen LogP contribution in [0, 0.1) is 0 Å². The Morgan fingerprint density at radius 3 is 2.32 bits per heavy atom. The summed E-state index contributed by atoms with van der Waals surface area (Å²) < 4.78 is 4.67. The molecule has 0 unspecified atom stereocenters. The van der Waals surface area contributed by atoms with Crippen molar-refractivity contribution in [2.45, 2.75) is 64.7 Å². The zero-order valence-electron chi connectivity index (χ0n) is 18.3. The van der Waals surface area contributed by atoms with Gasteiger partial charge in [0.15, 0.2) is 0 Å². The SMILES string of the molecule is CCCCCCCCCCc1cc2cc3cc4cc(-c5cccs5)[te]c4cc3cc2s1. The van der Waals surface area contributed by atoms with Gasteiger partial charge < -0.3 is 0 Å². The van der Waals surface area contributed by atoms with Crippen molar-refractivity contribution in [3.8, 4) is 8.46 Å². The molecule has 0 aliphatic heterocycles. The summed E-state index contributed by atoms with van der Waals surface area (Å²) >= 11 is 3.64. The van der Waals surface area contributed by atoms with E-state index in [2.05, 4.69) is 60.8 Å². The standard InChI is InChI=1S/C28H30S2Te/c1-2-3-4-5-6-7-8-9-11-24-16-22-14-20-15-23-19-28(25-12-10-13-29-25)31-27(23)18-21(20)17-26(22)30-24/h10,12-19H,2-9,11H2,1H3. The first-order valence-electron chi connectivity index (χ1n) is 11.7. The molecule has 0 fully saturated rings. The molecule has 0 aliphatic carbocycles. The Balaban J connectivity index is 1.28. The Bertz CT molecular complexity index is 1200. The third-order valence-corrected chi connectivity index (χ3v) is 11.9. The molecule has 3 aromatic heterocycles. The molecule has 0 radical (unpaired) electrons. The minimum atomic E-state index is -0.256. The Morgan fingerprint density at radius 2 is 1.52 bits per heavy atom. The van der Waals surface area contributed by atoms with Gasteiger partial charge in [-0.15, -0.1) is 0 Å². The van der Waals surface area contributed by atoms with Gasteiger partial charge in [-0.25, -0.2) is 0 Å². The maximum absolute atomic E-state index is 2.49. The van der Waals surface area contributed by atoms with Gasteiger partial charge in [0, 0.05) is 0 Å². The Labute approximate surface area is 203 Å². The molecule has 0 nitrogen and oxygen atoms in total. The number of fused-ring (bicyclic) bond motifs is 3. The fraction of sp³-hybridized carbons (Fsp3) is 0.357. The van der Waals surface area contributed by atoms with Crippen molar-refractivity contribution in [3.63, 3.8) is 0 Å². The third-order valence-electron chi connectivity index (χ3n) is 6.20. The molecule has 5 aromatic rings. The van der Waals surface area contributed by atoms with Crippen LogP contribution in [0.2, 0.25) is 0 Å². The topological polar surface area (TPSA) is 0 Å². The number of unbranched alkanes of at least 4 members (excludes halogenated alkanes) is 7. The molecular weight excluding hydrogens is 528 g/mol. The van der Waals surface area contributed by atoms with Crippen LogP contribution in [0.4, 0.5) is 0 Å². The van der Waals surface area contributed by atoms with Gasteiger partial charge in [-0.3, -0.25) is 0 Å². The van der Waals surface area contributed by atoms with Crippen LogP contribution in [0.25, 0.3) is 38.1 Å². The van der Waals surface area contributed by atoms with E-state index in [1.54, 1.807) is 11.9 Å². The van der Waals surface area contributed by atoms with Crippen molar-refractivity contribution in [1.82, 2.24) is 0 Å². The second-order valence-electron chi connectivity index (χ2n) is 8.65. The van der Waals surface area contributed by atoms with Crippen molar-refractivity contribution in [2.24, 2.45) is 0 Å². The number of hydrogen-bond donors (Lipinski definition) is 0. The van der Waals surface area contributed by atoms with Crippen LogP contribution in [0.1, 0.15) is 63.2 Å². The summed E-state index contributed by atoms with van der Waals surface area (Å²) in [6, 6.07) is 19.2. The predicted molar refractivity (Wildman–Crippen MR) is 143 cm³/mol. The number of aryl methyl sites for hydroxylation is 1. The fourth-order valence-corrected chi connectivity index (χ4v) is 9.83. The summed E-state index contributed by atoms with van der Waals surface area (Å²) in [6.07, 6.45) is 12.4. The maximum atomic E-state index is 2.49. The van der Waals surface area contributed by atoms with E-state index in [1.807, 2.05) is 22.7 Å². The average molecular weight is 558 g/mol. The summed E-state index contributed by atoms with van der Waals surface area (Å²) in [5, 5.41) is 7.93. The van der Waals surface area contributed by atoms with Gasteiger partial charge in [0.1, 0.15) is 0 Å². The van der Waals surface area contributed by atoms with E-state index >= 15 is 0 Å². The van der Waals surface area contributed by atoms with Crippen LogP contribution in [-0.2, 0) is 6.42 Å². The van der Waals surface area contributed by atoms with Crippen molar-refractivity contribution in [1.29, 1.82) is 0 Å². The summed E-state index contributed by atoms with van der Waals surface area (Å²) in [5.41, 5.74) is 0. The summed E-state index contributed by atoms with van der Waals surface area (Å²) in [4.78, 5) is 3.03. The summed E-state index contributed by atoms with van der Waals surface area (Å²) in [5.74, 6) is 0. The van der Waals surface area contributed by atoms with E-state index in [-0.39, 0.29) is 20.4 Å². The summed E-state index contributed by atoms with van der Waals surface area (Å²) in [7, 11) is 0. The average Bonchev–Trinajstić information content (AvgIpc) is 3.51. The number of thiophene rings is 2. The molecule has 0 saturated carbocycles. The van der Waals surface area contributed by atoms with Gasteiger partial charge in [0.05, 0.1) is 0 Å². The van der Waals surface area contributed by atoms with E-state index in [1.165, 1.54) is 88.9 Å². The molecule has 0 spiro atoms. The Hall–Kier alpha value is -1.11. The van der Waals surface area contributed by atoms with Crippen LogP contribution in [0.5, 0.6) is 0 Å². The normalized spacial score (nSPS) is 11.9. The van der Waals surface area contributed by atoms with Crippen LogP contribution < -0.4 is 0 Å². The fourth-order valence-electron chi connectivity index (χ4n) is 4.48. The molecule has 0 aliphatic rings. The van der Waals surface area contributed by atoms with E-state index < -0.39 is 0 Å². The molecule has 31 heavy (non-hydrogen) atoms. The van der Waals surface area contributed by atoms with Gasteiger partial charge in [0.2, 0.25) is 0 Å². The van der Waals surface area contributed by atoms with Crippen molar-refractivity contribution in [2.75, 3.05) is 0 Å². The first-order valence-corrected chi connectivity index (χ1v) is 15.8. The predicted octanol–water partition coefficient (Wildman–Crippen LogP) is 9.68. The quantitative estimate of drug-likeness (QED) is 0.118. The number of benzene rings is 2. The molecule has 0 amide bonds. The van der Waals surface area contributed by atoms with Crippen LogP contribution >= 0.6 is 22.7 Å². The minimum absolute atomic E-state index is 0.256. The molecule has 3 heteroatoms. The van der Waals surface area contributed by atoms with Gasteiger partial charge in [0.25, 0.3) is 0 Å². The van der Waals surface area contributed by atoms with E-state index in [9.17, 15) is 0 Å². The van der Waals surface area contributed by atoms with Gasteiger partial charge in [-0.2, -0.15) is 0 Å². The zero-order chi connectivity index (χ0) is 21.0. The van der Waals surface area contributed by atoms with Crippen LogP contribution in [-0.4, -0.2) is 20.4 Å². The first-order chi connectivity index (χ1) is 15.3. The van der Waals surface area contributed by atoms with Gasteiger partial charge in [-0.1, -0.05) is 32.6 Å². The van der Waals surface area contributed by atoms with Crippen LogP contribution in [0.3, 0.4) is 0 Å². The van der Waals surface area contributed by atoms with Gasteiger partial charge >= 0.3 is 172 Å². The number of hydrogen-bond acceptors (Lipinski definition) is 2. The van der Waals surface area contributed by atoms with Crippen molar-refractivity contribution >= 4 is 72.8 Å². The molecule has 0 N–H and O–H groups in total. The van der Waals surface area contributed by atoms with E-state index in [4.69, 9.17) is 0 Å². The number of rotatable bonds is 10. The van der Waals surface area contributed by atoms with E-state index in [0.29, 0.717) is 0 Å². The Kier molecular flexibility index (Phi) is 7.16. The van der Waals surface area contributed by atoms with Gasteiger partial charge in [-0.05, 0) is 0 Å². The third kappa shape index (κ3) is 5.12. The zero-order valence-corrected chi connectivity index (χ0v) is 22.2. The van der Waals surface area contributed by atoms with E-state index in [0.717, 1.165) is 0 Å². The monoisotopic (exact) mass is 560 g/mol. The van der Waals surface area contributed by atoms with Crippen molar-refractivity contribution in [3.05, 3.63) is 58.8 Å². The molecule has 5 rings (SSSR count). The molecule has 0 saturated heterocycles. The second-order valence-corrected chi connectivity index (χ2v) is 13.9. The van der Waals surface area contributed by atoms with Crippen molar-refractivity contribution < 1.29 is 0 Å². The molecule has 160 valence electrons. The molecular formula is C28H30S2Te. The molecule has 0 atom stereocenters. The first kappa shape index (κ1) is 21.7. The second kappa shape index (κ2) is 10.2. The Morgan fingerprint density at radius 1 is 0.742 bits per heavy atom. The van der Waals surface area contributed by atoms with Crippen LogP contribution in [0.15, 0.2) is 53.9 Å². The summed E-state index contributed by atoms with van der Waals surface area (Å²) in [6.45, 7) is 2.29.